The van der Waals surface area contributed by atoms with E-state index < -0.39 is 5.91 Å². The molecule has 0 radical (unpaired) electrons. The van der Waals surface area contributed by atoms with Crippen LogP contribution in [0.2, 0.25) is 0 Å². The predicted molar refractivity (Wildman–Crippen MR) is 66.7 cm³/mol. The van der Waals surface area contributed by atoms with Gasteiger partial charge in [-0.2, -0.15) is 0 Å². The standard InChI is InChI=1S/C10H16N4O2S/c1-3-14(7(2)15)10-13-8(6-17-10)4-12-5-9(11)16/h6,12H,3-5H2,1-2H3,(H2,11,16). The summed E-state index contributed by atoms with van der Waals surface area (Å²) >= 11 is 1.41. The molecule has 0 saturated carbocycles. The van der Waals surface area contributed by atoms with Crippen LogP contribution in [-0.2, 0) is 16.1 Å². The third-order valence-electron chi connectivity index (χ3n) is 2.07. The lowest BCUT2D eigenvalue weighted by atomic mass is 10.4. The van der Waals surface area contributed by atoms with E-state index in [0.717, 1.165) is 5.69 Å². The van der Waals surface area contributed by atoms with E-state index >= 15 is 0 Å². The fraction of sp³-hybridized carbons (Fsp3) is 0.500. The van der Waals surface area contributed by atoms with Gasteiger partial charge < -0.3 is 11.1 Å². The van der Waals surface area contributed by atoms with Crippen LogP contribution in [0, 0.1) is 0 Å². The van der Waals surface area contributed by atoms with Crippen LogP contribution < -0.4 is 16.0 Å². The molecule has 7 heteroatoms. The largest absolute Gasteiger partial charge is 0.369 e. The maximum atomic E-state index is 11.3. The average molecular weight is 256 g/mol. The zero-order valence-electron chi connectivity index (χ0n) is 9.90. The summed E-state index contributed by atoms with van der Waals surface area (Å²) < 4.78 is 0. The smallest absolute Gasteiger partial charge is 0.231 e. The van der Waals surface area contributed by atoms with E-state index in [-0.39, 0.29) is 12.5 Å². The van der Waals surface area contributed by atoms with Gasteiger partial charge in [0.1, 0.15) is 0 Å². The minimum Gasteiger partial charge on any atom is -0.369 e. The van der Waals surface area contributed by atoms with Crippen LogP contribution in [0.4, 0.5) is 5.13 Å². The second kappa shape index (κ2) is 6.31. The summed E-state index contributed by atoms with van der Waals surface area (Å²) in [5.74, 6) is -0.433. The number of nitrogens with zero attached hydrogens (tertiary/aromatic N) is 2. The summed E-state index contributed by atoms with van der Waals surface area (Å²) in [4.78, 5) is 27.7. The van der Waals surface area contributed by atoms with Gasteiger partial charge in [0.25, 0.3) is 0 Å². The molecule has 0 saturated heterocycles. The van der Waals surface area contributed by atoms with Gasteiger partial charge in [-0.3, -0.25) is 14.5 Å². The molecule has 94 valence electrons. The molecule has 1 aromatic heterocycles. The van der Waals surface area contributed by atoms with Crippen molar-refractivity contribution in [2.45, 2.75) is 20.4 Å². The number of anilines is 1. The summed E-state index contributed by atoms with van der Waals surface area (Å²) in [6, 6.07) is 0. The Morgan fingerprint density at radius 1 is 1.59 bits per heavy atom. The summed E-state index contributed by atoms with van der Waals surface area (Å²) in [5, 5.41) is 5.40. The molecule has 0 fully saturated rings. The van der Waals surface area contributed by atoms with E-state index in [0.29, 0.717) is 18.2 Å². The van der Waals surface area contributed by atoms with Gasteiger partial charge in [-0.05, 0) is 6.92 Å². The summed E-state index contributed by atoms with van der Waals surface area (Å²) in [6.07, 6.45) is 0. The second-order valence-corrected chi connectivity index (χ2v) is 4.29. The van der Waals surface area contributed by atoms with Gasteiger partial charge in [-0.25, -0.2) is 4.98 Å². The van der Waals surface area contributed by atoms with Crippen molar-refractivity contribution in [3.05, 3.63) is 11.1 Å². The molecule has 0 atom stereocenters. The Morgan fingerprint density at radius 3 is 2.82 bits per heavy atom. The van der Waals surface area contributed by atoms with Crippen molar-refractivity contribution in [2.75, 3.05) is 18.0 Å². The second-order valence-electron chi connectivity index (χ2n) is 3.45. The van der Waals surface area contributed by atoms with Crippen molar-refractivity contribution in [1.82, 2.24) is 10.3 Å². The number of nitrogens with one attached hydrogen (secondary N) is 1. The lowest BCUT2D eigenvalue weighted by Gasteiger charge is -2.14. The van der Waals surface area contributed by atoms with Crippen LogP contribution in [0.1, 0.15) is 19.5 Å². The minimum atomic E-state index is -0.403. The lowest BCUT2D eigenvalue weighted by Crippen LogP contribution is -2.29. The highest BCUT2D eigenvalue weighted by Crippen LogP contribution is 2.20. The Balaban J connectivity index is 2.58. The molecular formula is C10H16N4O2S. The fourth-order valence-corrected chi connectivity index (χ4v) is 2.24. The van der Waals surface area contributed by atoms with Gasteiger partial charge in [0.15, 0.2) is 5.13 Å². The highest BCUT2D eigenvalue weighted by molar-refractivity contribution is 7.14. The number of carbonyl (C=O) groups is 2. The number of primary amides is 1. The molecule has 0 bridgehead atoms. The van der Waals surface area contributed by atoms with Crippen molar-refractivity contribution in [1.29, 1.82) is 0 Å². The predicted octanol–water partition coefficient (Wildman–Crippen LogP) is 0.0908. The first kappa shape index (κ1) is 13.6. The van der Waals surface area contributed by atoms with Crippen LogP contribution in [0.5, 0.6) is 0 Å². The number of hydrogen-bond donors (Lipinski definition) is 2. The normalized spacial score (nSPS) is 10.2. The monoisotopic (exact) mass is 256 g/mol. The molecule has 0 aliphatic rings. The van der Waals surface area contributed by atoms with E-state index in [9.17, 15) is 9.59 Å². The maximum absolute atomic E-state index is 11.3. The van der Waals surface area contributed by atoms with Crippen LogP contribution in [0.15, 0.2) is 5.38 Å². The number of carbonyl (C=O) groups excluding carboxylic acids is 2. The molecule has 17 heavy (non-hydrogen) atoms. The van der Waals surface area contributed by atoms with Crippen molar-refractivity contribution in [3.63, 3.8) is 0 Å². The molecule has 0 unspecified atom stereocenters. The molecule has 0 aromatic carbocycles. The molecule has 1 aromatic rings. The van der Waals surface area contributed by atoms with Crippen molar-refractivity contribution < 1.29 is 9.59 Å². The van der Waals surface area contributed by atoms with Crippen molar-refractivity contribution in [3.8, 4) is 0 Å². The number of nitrogens with two attached hydrogens (primary N) is 1. The third-order valence-corrected chi connectivity index (χ3v) is 2.98. The summed E-state index contributed by atoms with van der Waals surface area (Å²) in [7, 11) is 0. The van der Waals surface area contributed by atoms with Gasteiger partial charge >= 0.3 is 0 Å². The zero-order chi connectivity index (χ0) is 12.8. The zero-order valence-corrected chi connectivity index (χ0v) is 10.7. The van der Waals surface area contributed by atoms with E-state index in [4.69, 9.17) is 5.73 Å². The number of amides is 2. The van der Waals surface area contributed by atoms with E-state index in [1.807, 2.05) is 12.3 Å². The van der Waals surface area contributed by atoms with Crippen LogP contribution in [0.3, 0.4) is 0 Å². The molecule has 6 nitrogen and oxygen atoms in total. The van der Waals surface area contributed by atoms with Gasteiger partial charge in [0, 0.05) is 25.4 Å². The molecular weight excluding hydrogens is 240 g/mol. The van der Waals surface area contributed by atoms with E-state index in [1.165, 1.54) is 18.3 Å². The maximum Gasteiger partial charge on any atom is 0.231 e. The molecule has 1 rings (SSSR count). The number of hydrogen-bond acceptors (Lipinski definition) is 5. The highest BCUT2D eigenvalue weighted by atomic mass is 32.1. The van der Waals surface area contributed by atoms with Gasteiger partial charge in [0.2, 0.25) is 11.8 Å². The van der Waals surface area contributed by atoms with Gasteiger partial charge in [-0.1, -0.05) is 0 Å². The number of aromatic nitrogens is 1. The molecule has 1 heterocycles. The average Bonchev–Trinajstić information content (AvgIpc) is 2.66. The Labute approximate surface area is 104 Å². The molecule has 0 aliphatic carbocycles. The van der Waals surface area contributed by atoms with Gasteiger partial charge in [0.05, 0.1) is 12.2 Å². The SMILES string of the molecule is CCN(C(C)=O)c1nc(CNCC(N)=O)cs1. The Kier molecular flexibility index (Phi) is 5.05. The summed E-state index contributed by atoms with van der Waals surface area (Å²) in [5.41, 5.74) is 5.80. The van der Waals surface area contributed by atoms with E-state index in [2.05, 4.69) is 10.3 Å². The first-order chi connectivity index (χ1) is 8.04. The first-order valence-corrected chi connectivity index (χ1v) is 6.14. The third kappa shape index (κ3) is 4.12. The minimum absolute atomic E-state index is 0.0292. The lowest BCUT2D eigenvalue weighted by molar-refractivity contribution is -0.117. The molecule has 0 spiro atoms. The van der Waals surface area contributed by atoms with Crippen molar-refractivity contribution >= 4 is 28.3 Å². The van der Waals surface area contributed by atoms with Crippen LogP contribution in [-0.4, -0.2) is 29.9 Å². The Bertz CT molecular complexity index is 405. The number of rotatable bonds is 6. The highest BCUT2D eigenvalue weighted by Gasteiger charge is 2.13. The van der Waals surface area contributed by atoms with Gasteiger partial charge in [-0.15, -0.1) is 11.3 Å². The fourth-order valence-electron chi connectivity index (χ4n) is 1.31. The van der Waals surface area contributed by atoms with E-state index in [1.54, 1.807) is 4.90 Å². The number of thiazole rings is 1. The quantitative estimate of drug-likeness (QED) is 0.755. The van der Waals surface area contributed by atoms with Crippen molar-refractivity contribution in [2.24, 2.45) is 5.73 Å². The first-order valence-electron chi connectivity index (χ1n) is 5.26. The Morgan fingerprint density at radius 2 is 2.29 bits per heavy atom. The molecule has 2 amide bonds. The van der Waals surface area contributed by atoms with Crippen LogP contribution >= 0.6 is 11.3 Å². The topological polar surface area (TPSA) is 88.3 Å². The van der Waals surface area contributed by atoms with Crippen LogP contribution in [0.25, 0.3) is 0 Å². The summed E-state index contributed by atoms with van der Waals surface area (Å²) in [6.45, 7) is 4.59. The molecule has 3 N–H and O–H groups in total. The molecule has 0 aliphatic heterocycles. The Hall–Kier alpha value is -1.47.